The standard InChI is InChI=1S/C14H20ClFN2O2/c1-4-20-14(19)13(17-7-8-18(2)3)10-5-6-12(16)11(15)9-10/h5-6,9,13,17H,4,7-8H2,1-3H3. The van der Waals surface area contributed by atoms with E-state index >= 15 is 0 Å². The zero-order valence-electron chi connectivity index (χ0n) is 12.0. The van der Waals surface area contributed by atoms with Crippen molar-refractivity contribution in [3.63, 3.8) is 0 Å². The molecule has 20 heavy (non-hydrogen) atoms. The number of benzene rings is 1. The molecule has 0 spiro atoms. The first-order chi connectivity index (χ1) is 9.45. The molecule has 112 valence electrons. The van der Waals surface area contributed by atoms with Gasteiger partial charge in [-0.25, -0.2) is 9.18 Å². The highest BCUT2D eigenvalue weighted by molar-refractivity contribution is 6.30. The molecule has 0 aromatic heterocycles. The third-order valence-corrected chi connectivity index (χ3v) is 3.00. The van der Waals surface area contributed by atoms with Gasteiger partial charge in [0.05, 0.1) is 11.6 Å². The van der Waals surface area contributed by atoms with Gasteiger partial charge in [0.2, 0.25) is 0 Å². The SMILES string of the molecule is CCOC(=O)C(NCCN(C)C)c1ccc(F)c(Cl)c1. The summed E-state index contributed by atoms with van der Waals surface area (Å²) in [4.78, 5) is 14.0. The van der Waals surface area contributed by atoms with Crippen LogP contribution in [0.5, 0.6) is 0 Å². The highest BCUT2D eigenvalue weighted by Gasteiger charge is 2.22. The van der Waals surface area contributed by atoms with Crippen LogP contribution in [0.2, 0.25) is 5.02 Å². The Morgan fingerprint density at radius 3 is 2.75 bits per heavy atom. The summed E-state index contributed by atoms with van der Waals surface area (Å²) in [5.41, 5.74) is 0.591. The van der Waals surface area contributed by atoms with Gasteiger partial charge in [-0.2, -0.15) is 0 Å². The van der Waals surface area contributed by atoms with Crippen molar-refractivity contribution in [2.24, 2.45) is 0 Å². The molecule has 1 unspecified atom stereocenters. The minimum Gasteiger partial charge on any atom is -0.465 e. The maximum absolute atomic E-state index is 13.2. The molecule has 0 saturated heterocycles. The molecule has 0 radical (unpaired) electrons. The van der Waals surface area contributed by atoms with Crippen molar-refractivity contribution in [1.82, 2.24) is 10.2 Å². The summed E-state index contributed by atoms with van der Waals surface area (Å²) in [5, 5.41) is 3.09. The fraction of sp³-hybridized carbons (Fsp3) is 0.500. The van der Waals surface area contributed by atoms with E-state index in [1.54, 1.807) is 6.92 Å². The van der Waals surface area contributed by atoms with E-state index in [0.717, 1.165) is 6.54 Å². The van der Waals surface area contributed by atoms with Gasteiger partial charge >= 0.3 is 5.97 Å². The summed E-state index contributed by atoms with van der Waals surface area (Å²) in [7, 11) is 3.88. The Morgan fingerprint density at radius 2 is 2.20 bits per heavy atom. The van der Waals surface area contributed by atoms with Gasteiger partial charge in [-0.05, 0) is 38.7 Å². The fourth-order valence-corrected chi connectivity index (χ4v) is 1.88. The molecule has 1 aromatic carbocycles. The second-order valence-electron chi connectivity index (χ2n) is 4.62. The topological polar surface area (TPSA) is 41.6 Å². The van der Waals surface area contributed by atoms with Gasteiger partial charge in [0.15, 0.2) is 0 Å². The van der Waals surface area contributed by atoms with Crippen molar-refractivity contribution < 1.29 is 13.9 Å². The number of rotatable bonds is 7. The number of hydrogen-bond donors (Lipinski definition) is 1. The maximum Gasteiger partial charge on any atom is 0.327 e. The highest BCUT2D eigenvalue weighted by Crippen LogP contribution is 2.21. The maximum atomic E-state index is 13.2. The number of carbonyl (C=O) groups is 1. The molecule has 0 fully saturated rings. The Labute approximate surface area is 123 Å². The quantitative estimate of drug-likeness (QED) is 0.784. The van der Waals surface area contributed by atoms with Crippen LogP contribution in [0, 0.1) is 5.82 Å². The normalized spacial score (nSPS) is 12.5. The van der Waals surface area contributed by atoms with Crippen LogP contribution in [0.1, 0.15) is 18.5 Å². The number of likely N-dealkylation sites (N-methyl/N-ethyl adjacent to an activating group) is 1. The summed E-state index contributed by atoms with van der Waals surface area (Å²) in [6, 6.07) is 3.58. The van der Waals surface area contributed by atoms with Gasteiger partial charge in [-0.3, -0.25) is 5.32 Å². The molecule has 0 bridgehead atoms. The average molecular weight is 303 g/mol. The van der Waals surface area contributed by atoms with E-state index in [1.165, 1.54) is 18.2 Å². The van der Waals surface area contributed by atoms with Crippen LogP contribution in [-0.2, 0) is 9.53 Å². The molecule has 1 rings (SSSR count). The number of esters is 1. The average Bonchev–Trinajstić information content (AvgIpc) is 2.38. The minimum atomic E-state index is -0.645. The monoisotopic (exact) mass is 302 g/mol. The zero-order chi connectivity index (χ0) is 15.1. The third-order valence-electron chi connectivity index (χ3n) is 2.71. The largest absolute Gasteiger partial charge is 0.465 e. The first-order valence-electron chi connectivity index (χ1n) is 6.45. The molecule has 0 aliphatic rings. The Hall–Kier alpha value is -1.17. The second-order valence-corrected chi connectivity index (χ2v) is 5.02. The summed E-state index contributed by atoms with van der Waals surface area (Å²) in [6.45, 7) is 3.41. The molecule has 0 heterocycles. The number of halogens is 2. The lowest BCUT2D eigenvalue weighted by Crippen LogP contribution is -2.35. The molecule has 6 heteroatoms. The van der Waals surface area contributed by atoms with Crippen molar-refractivity contribution >= 4 is 17.6 Å². The van der Waals surface area contributed by atoms with E-state index in [9.17, 15) is 9.18 Å². The molecule has 0 amide bonds. The third kappa shape index (κ3) is 5.07. The summed E-state index contributed by atoms with van der Waals surface area (Å²) in [5.74, 6) is -0.903. The van der Waals surface area contributed by atoms with Gasteiger partial charge in [0.1, 0.15) is 11.9 Å². The molecule has 1 atom stereocenters. The van der Waals surface area contributed by atoms with Crippen molar-refractivity contribution in [1.29, 1.82) is 0 Å². The Kier molecular flexibility index (Phi) is 6.91. The number of carbonyl (C=O) groups excluding carboxylic acids is 1. The van der Waals surface area contributed by atoms with Gasteiger partial charge < -0.3 is 9.64 Å². The zero-order valence-corrected chi connectivity index (χ0v) is 12.7. The molecule has 0 aliphatic carbocycles. The van der Waals surface area contributed by atoms with E-state index in [2.05, 4.69) is 5.32 Å². The van der Waals surface area contributed by atoms with Gasteiger partial charge in [-0.15, -0.1) is 0 Å². The van der Waals surface area contributed by atoms with Crippen molar-refractivity contribution in [3.8, 4) is 0 Å². The van der Waals surface area contributed by atoms with Gasteiger partial charge in [-0.1, -0.05) is 17.7 Å². The summed E-state index contributed by atoms with van der Waals surface area (Å²) >= 11 is 5.76. The summed E-state index contributed by atoms with van der Waals surface area (Å²) < 4.78 is 18.2. The Bertz CT molecular complexity index is 455. The smallest absolute Gasteiger partial charge is 0.327 e. The molecular weight excluding hydrogens is 283 g/mol. The van der Waals surface area contributed by atoms with E-state index in [1.807, 2.05) is 19.0 Å². The van der Waals surface area contributed by atoms with E-state index in [-0.39, 0.29) is 5.02 Å². The van der Waals surface area contributed by atoms with E-state index in [0.29, 0.717) is 18.7 Å². The number of ether oxygens (including phenoxy) is 1. The first kappa shape index (κ1) is 16.9. The van der Waals surface area contributed by atoms with Crippen molar-refractivity contribution in [2.75, 3.05) is 33.8 Å². The number of hydrogen-bond acceptors (Lipinski definition) is 4. The number of nitrogens with zero attached hydrogens (tertiary/aromatic N) is 1. The van der Waals surface area contributed by atoms with E-state index in [4.69, 9.17) is 16.3 Å². The molecular formula is C14H20ClFN2O2. The van der Waals surface area contributed by atoms with Crippen LogP contribution in [0.25, 0.3) is 0 Å². The predicted octanol–water partition coefficient (Wildman–Crippen LogP) is 2.23. The van der Waals surface area contributed by atoms with Crippen LogP contribution in [0.15, 0.2) is 18.2 Å². The van der Waals surface area contributed by atoms with Crippen LogP contribution in [0.3, 0.4) is 0 Å². The Morgan fingerprint density at radius 1 is 1.50 bits per heavy atom. The van der Waals surface area contributed by atoms with Crippen molar-refractivity contribution in [3.05, 3.63) is 34.6 Å². The first-order valence-corrected chi connectivity index (χ1v) is 6.83. The van der Waals surface area contributed by atoms with Gasteiger partial charge in [0, 0.05) is 13.1 Å². The van der Waals surface area contributed by atoms with Crippen molar-refractivity contribution in [2.45, 2.75) is 13.0 Å². The van der Waals surface area contributed by atoms with Crippen LogP contribution >= 0.6 is 11.6 Å². The molecule has 0 aliphatic heterocycles. The fourth-order valence-electron chi connectivity index (χ4n) is 1.69. The summed E-state index contributed by atoms with van der Waals surface area (Å²) in [6.07, 6.45) is 0. The van der Waals surface area contributed by atoms with Crippen LogP contribution < -0.4 is 5.32 Å². The molecule has 1 aromatic rings. The Balaban J connectivity index is 2.85. The van der Waals surface area contributed by atoms with Crippen LogP contribution in [0.4, 0.5) is 4.39 Å². The lowest BCUT2D eigenvalue weighted by Gasteiger charge is -2.19. The second kappa shape index (κ2) is 8.19. The van der Waals surface area contributed by atoms with Crippen LogP contribution in [-0.4, -0.2) is 44.7 Å². The van der Waals surface area contributed by atoms with E-state index < -0.39 is 17.8 Å². The number of nitrogens with one attached hydrogen (secondary N) is 1. The highest BCUT2D eigenvalue weighted by atomic mass is 35.5. The molecule has 1 N–H and O–H groups in total. The minimum absolute atomic E-state index is 0.00814. The van der Waals surface area contributed by atoms with Gasteiger partial charge in [0.25, 0.3) is 0 Å². The lowest BCUT2D eigenvalue weighted by atomic mass is 10.1. The molecule has 0 saturated carbocycles. The lowest BCUT2D eigenvalue weighted by molar-refractivity contribution is -0.145. The predicted molar refractivity (Wildman–Crippen MR) is 77.3 cm³/mol. The molecule has 4 nitrogen and oxygen atoms in total.